The van der Waals surface area contributed by atoms with Gasteiger partial charge in [-0.15, -0.1) is 0 Å². The van der Waals surface area contributed by atoms with Crippen molar-refractivity contribution in [2.24, 2.45) is 0 Å². The van der Waals surface area contributed by atoms with E-state index in [1.807, 2.05) is 30.3 Å². The van der Waals surface area contributed by atoms with Crippen molar-refractivity contribution in [3.8, 4) is 5.75 Å². The Hall–Kier alpha value is -2.82. The van der Waals surface area contributed by atoms with E-state index >= 15 is 0 Å². The molecule has 0 aliphatic heterocycles. The van der Waals surface area contributed by atoms with Crippen LogP contribution in [0.5, 0.6) is 5.75 Å². The molecule has 0 unspecified atom stereocenters. The van der Waals surface area contributed by atoms with Gasteiger partial charge >= 0.3 is 0 Å². The second-order valence-electron chi connectivity index (χ2n) is 4.01. The van der Waals surface area contributed by atoms with Crippen molar-refractivity contribution < 1.29 is 14.3 Å². The van der Waals surface area contributed by atoms with Crippen LogP contribution in [0.3, 0.4) is 0 Å². The molecule has 0 spiro atoms. The van der Waals surface area contributed by atoms with Gasteiger partial charge in [0.05, 0.1) is 0 Å². The SMILES string of the molecule is O=CNNC(=O)c1ccc(OCc2ccccc2)cc1. The molecule has 2 N–H and O–H groups in total. The summed E-state index contributed by atoms with van der Waals surface area (Å²) in [5, 5.41) is 0. The van der Waals surface area contributed by atoms with E-state index in [1.165, 1.54) is 0 Å². The molecule has 2 aromatic carbocycles. The summed E-state index contributed by atoms with van der Waals surface area (Å²) in [6.07, 6.45) is 0.398. The Labute approximate surface area is 116 Å². The summed E-state index contributed by atoms with van der Waals surface area (Å²) in [5.74, 6) is 0.292. The van der Waals surface area contributed by atoms with Crippen molar-refractivity contribution >= 4 is 12.3 Å². The predicted octanol–water partition coefficient (Wildman–Crippen LogP) is 1.66. The van der Waals surface area contributed by atoms with Crippen LogP contribution in [0.25, 0.3) is 0 Å². The Bertz CT molecular complexity index is 567. The molecular weight excluding hydrogens is 256 g/mol. The Balaban J connectivity index is 1.91. The number of ether oxygens (including phenoxy) is 1. The van der Waals surface area contributed by atoms with E-state index in [0.29, 0.717) is 24.3 Å². The molecule has 102 valence electrons. The molecule has 0 bridgehead atoms. The van der Waals surface area contributed by atoms with Crippen molar-refractivity contribution in [2.45, 2.75) is 6.61 Å². The van der Waals surface area contributed by atoms with Crippen LogP contribution in [0.15, 0.2) is 54.6 Å². The Morgan fingerprint density at radius 1 is 1.05 bits per heavy atom. The molecule has 0 aliphatic rings. The van der Waals surface area contributed by atoms with Gasteiger partial charge in [0.25, 0.3) is 5.91 Å². The molecule has 0 saturated carbocycles. The van der Waals surface area contributed by atoms with Crippen LogP contribution in [0, 0.1) is 0 Å². The lowest BCUT2D eigenvalue weighted by Gasteiger charge is -2.07. The van der Waals surface area contributed by atoms with Crippen LogP contribution in [0.2, 0.25) is 0 Å². The van der Waals surface area contributed by atoms with Crippen LogP contribution in [0.1, 0.15) is 15.9 Å². The predicted molar refractivity (Wildman–Crippen MR) is 73.9 cm³/mol. The topological polar surface area (TPSA) is 67.4 Å². The first-order valence-corrected chi connectivity index (χ1v) is 6.06. The Kier molecular flexibility index (Phi) is 4.72. The highest BCUT2D eigenvalue weighted by Crippen LogP contribution is 2.14. The number of carbonyl (C=O) groups is 2. The van der Waals surface area contributed by atoms with E-state index in [1.54, 1.807) is 24.3 Å². The fraction of sp³-hybridized carbons (Fsp3) is 0.0667. The third-order valence-corrected chi connectivity index (χ3v) is 2.61. The van der Waals surface area contributed by atoms with Crippen LogP contribution in [-0.4, -0.2) is 12.3 Å². The lowest BCUT2D eigenvalue weighted by molar-refractivity contribution is -0.110. The van der Waals surface area contributed by atoms with Gasteiger partial charge in [0, 0.05) is 5.56 Å². The van der Waals surface area contributed by atoms with Gasteiger partial charge in [0.15, 0.2) is 0 Å². The minimum atomic E-state index is -0.383. The first-order valence-electron chi connectivity index (χ1n) is 6.06. The number of carbonyl (C=O) groups excluding carboxylic acids is 2. The van der Waals surface area contributed by atoms with E-state index in [0.717, 1.165) is 5.56 Å². The Morgan fingerprint density at radius 3 is 2.40 bits per heavy atom. The maximum absolute atomic E-state index is 11.5. The van der Waals surface area contributed by atoms with E-state index in [2.05, 4.69) is 10.9 Å². The number of hydrogen-bond donors (Lipinski definition) is 2. The summed E-state index contributed by atoms with van der Waals surface area (Å²) < 4.78 is 5.60. The van der Waals surface area contributed by atoms with Crippen LogP contribution in [0.4, 0.5) is 0 Å². The van der Waals surface area contributed by atoms with Crippen LogP contribution < -0.4 is 15.6 Å². The minimum absolute atomic E-state index is 0.383. The van der Waals surface area contributed by atoms with Crippen molar-refractivity contribution in [3.63, 3.8) is 0 Å². The fourth-order valence-corrected chi connectivity index (χ4v) is 1.61. The van der Waals surface area contributed by atoms with Gasteiger partial charge < -0.3 is 4.74 Å². The minimum Gasteiger partial charge on any atom is -0.489 e. The largest absolute Gasteiger partial charge is 0.489 e. The summed E-state index contributed by atoms with van der Waals surface area (Å²) in [5.41, 5.74) is 5.83. The van der Waals surface area contributed by atoms with Gasteiger partial charge in [-0.05, 0) is 29.8 Å². The van der Waals surface area contributed by atoms with E-state index in [4.69, 9.17) is 4.74 Å². The summed E-state index contributed by atoms with van der Waals surface area (Å²) in [7, 11) is 0. The standard InChI is InChI=1S/C15H14N2O3/c18-11-16-17-15(19)13-6-8-14(9-7-13)20-10-12-4-2-1-3-5-12/h1-9,11H,10H2,(H,16,18)(H,17,19). The smallest absolute Gasteiger partial charge is 0.269 e. The molecular formula is C15H14N2O3. The van der Waals surface area contributed by atoms with E-state index in [-0.39, 0.29) is 5.91 Å². The number of benzene rings is 2. The van der Waals surface area contributed by atoms with Gasteiger partial charge in [-0.2, -0.15) is 0 Å². The zero-order valence-electron chi connectivity index (χ0n) is 10.7. The maximum atomic E-state index is 11.5. The normalized spacial score (nSPS) is 9.60. The average Bonchev–Trinajstić information content (AvgIpc) is 2.52. The summed E-state index contributed by atoms with van der Waals surface area (Å²) in [4.78, 5) is 21.6. The van der Waals surface area contributed by atoms with Crippen LogP contribution >= 0.6 is 0 Å². The zero-order valence-corrected chi connectivity index (χ0v) is 10.7. The first-order chi connectivity index (χ1) is 9.79. The lowest BCUT2D eigenvalue weighted by Crippen LogP contribution is -2.36. The van der Waals surface area contributed by atoms with Crippen LogP contribution in [-0.2, 0) is 11.4 Å². The molecule has 5 nitrogen and oxygen atoms in total. The molecule has 5 heteroatoms. The van der Waals surface area contributed by atoms with Gasteiger partial charge in [0.1, 0.15) is 12.4 Å². The number of nitrogens with one attached hydrogen (secondary N) is 2. The highest BCUT2D eigenvalue weighted by atomic mass is 16.5. The summed E-state index contributed by atoms with van der Waals surface area (Å²) in [6.45, 7) is 0.471. The molecule has 0 aliphatic carbocycles. The van der Waals surface area contributed by atoms with Crippen molar-refractivity contribution in [1.29, 1.82) is 0 Å². The number of hydrazine groups is 1. The Morgan fingerprint density at radius 2 is 1.75 bits per heavy atom. The first kappa shape index (κ1) is 13.6. The van der Waals surface area contributed by atoms with Crippen molar-refractivity contribution in [3.05, 3.63) is 65.7 Å². The molecule has 0 radical (unpaired) electrons. The molecule has 2 aromatic rings. The molecule has 0 fully saturated rings. The fourth-order valence-electron chi connectivity index (χ4n) is 1.61. The van der Waals surface area contributed by atoms with Gasteiger partial charge in [-0.25, -0.2) is 0 Å². The highest BCUT2D eigenvalue weighted by Gasteiger charge is 2.04. The van der Waals surface area contributed by atoms with Gasteiger partial charge in [0.2, 0.25) is 6.41 Å². The molecule has 20 heavy (non-hydrogen) atoms. The second-order valence-corrected chi connectivity index (χ2v) is 4.01. The third kappa shape index (κ3) is 3.84. The zero-order chi connectivity index (χ0) is 14.2. The average molecular weight is 270 g/mol. The molecule has 2 rings (SSSR count). The van der Waals surface area contributed by atoms with Crippen molar-refractivity contribution in [1.82, 2.24) is 10.9 Å². The summed E-state index contributed by atoms with van der Waals surface area (Å²) >= 11 is 0. The number of hydrogen-bond acceptors (Lipinski definition) is 3. The molecule has 0 saturated heterocycles. The highest BCUT2D eigenvalue weighted by molar-refractivity contribution is 5.94. The molecule has 0 heterocycles. The lowest BCUT2D eigenvalue weighted by atomic mass is 10.2. The second kappa shape index (κ2) is 6.94. The molecule has 2 amide bonds. The monoisotopic (exact) mass is 270 g/mol. The third-order valence-electron chi connectivity index (χ3n) is 2.61. The summed E-state index contributed by atoms with van der Waals surface area (Å²) in [6, 6.07) is 16.5. The molecule has 0 aromatic heterocycles. The van der Waals surface area contributed by atoms with Crippen molar-refractivity contribution in [2.75, 3.05) is 0 Å². The van der Waals surface area contributed by atoms with Gasteiger partial charge in [-0.1, -0.05) is 30.3 Å². The van der Waals surface area contributed by atoms with E-state index in [9.17, 15) is 9.59 Å². The van der Waals surface area contributed by atoms with Gasteiger partial charge in [-0.3, -0.25) is 20.4 Å². The molecule has 0 atom stereocenters. The number of amides is 2. The number of rotatable bonds is 6. The maximum Gasteiger partial charge on any atom is 0.269 e. The van der Waals surface area contributed by atoms with E-state index < -0.39 is 0 Å². The quantitative estimate of drug-likeness (QED) is 0.619.